The van der Waals surface area contributed by atoms with E-state index < -0.39 is 0 Å². The van der Waals surface area contributed by atoms with Crippen molar-refractivity contribution in [3.63, 3.8) is 0 Å². The number of fused-ring (bicyclic) bond motifs is 1. The molecule has 0 aliphatic carbocycles. The number of carbonyl (C=O) groups is 1. The average Bonchev–Trinajstić information content (AvgIpc) is 2.27. The number of aryl methyl sites for hydroxylation is 1. The monoisotopic (exact) mass is 192 g/mol. The van der Waals surface area contributed by atoms with Gasteiger partial charge in [0.15, 0.2) is 0 Å². The van der Waals surface area contributed by atoms with Gasteiger partial charge < -0.3 is 4.74 Å². The fourth-order valence-electron chi connectivity index (χ4n) is 1.65. The van der Waals surface area contributed by atoms with Gasteiger partial charge in [-0.05, 0) is 24.5 Å². The summed E-state index contributed by atoms with van der Waals surface area (Å²) < 4.78 is 5.46. The van der Waals surface area contributed by atoms with Crippen molar-refractivity contribution in [3.05, 3.63) is 29.3 Å². The zero-order valence-corrected chi connectivity index (χ0v) is 7.75. The number of hydrogen-bond donors (Lipinski definition) is 2. The van der Waals surface area contributed by atoms with E-state index in [0.29, 0.717) is 17.9 Å². The summed E-state index contributed by atoms with van der Waals surface area (Å²) in [6.07, 6.45) is 1.96. The zero-order chi connectivity index (χ0) is 9.97. The molecule has 1 aromatic carbocycles. The van der Waals surface area contributed by atoms with E-state index in [-0.39, 0.29) is 5.91 Å². The van der Waals surface area contributed by atoms with Crippen molar-refractivity contribution < 1.29 is 9.53 Å². The Labute approximate surface area is 82.0 Å². The maximum Gasteiger partial charge on any atom is 0.268 e. The van der Waals surface area contributed by atoms with Gasteiger partial charge in [-0.2, -0.15) is 0 Å². The van der Waals surface area contributed by atoms with E-state index in [1.54, 1.807) is 6.07 Å². The van der Waals surface area contributed by atoms with Gasteiger partial charge in [0.1, 0.15) is 5.75 Å². The van der Waals surface area contributed by atoms with Crippen molar-refractivity contribution in [3.8, 4) is 5.75 Å². The van der Waals surface area contributed by atoms with E-state index in [0.717, 1.165) is 18.4 Å². The topological polar surface area (TPSA) is 64.3 Å². The minimum Gasteiger partial charge on any atom is -0.492 e. The molecule has 0 bridgehead atoms. The van der Waals surface area contributed by atoms with E-state index in [9.17, 15) is 4.79 Å². The molecule has 1 aliphatic rings. The largest absolute Gasteiger partial charge is 0.492 e. The second-order valence-corrected chi connectivity index (χ2v) is 3.22. The SMILES string of the molecule is NNC(=O)c1cccc2c1OCCC2. The molecule has 0 radical (unpaired) electrons. The molecule has 1 heterocycles. The number of nitrogen functional groups attached to an aromatic ring is 1. The lowest BCUT2D eigenvalue weighted by Crippen LogP contribution is -2.31. The molecular formula is C10H12N2O2. The predicted octanol–water partition coefficient (Wildman–Crippen LogP) is 0.615. The number of ether oxygens (including phenoxy) is 1. The van der Waals surface area contributed by atoms with Gasteiger partial charge in [0.2, 0.25) is 0 Å². The van der Waals surface area contributed by atoms with Crippen LogP contribution in [0.15, 0.2) is 18.2 Å². The van der Waals surface area contributed by atoms with Crippen molar-refractivity contribution in [2.24, 2.45) is 5.84 Å². The maximum atomic E-state index is 11.4. The molecule has 1 aliphatic heterocycles. The number of para-hydroxylation sites is 1. The number of benzene rings is 1. The number of nitrogens with two attached hydrogens (primary N) is 1. The molecule has 0 fully saturated rings. The molecule has 3 N–H and O–H groups in total. The molecule has 0 aromatic heterocycles. The molecule has 4 heteroatoms. The van der Waals surface area contributed by atoms with Crippen LogP contribution in [0.5, 0.6) is 5.75 Å². The summed E-state index contributed by atoms with van der Waals surface area (Å²) in [6, 6.07) is 5.53. The van der Waals surface area contributed by atoms with Crippen LogP contribution in [-0.2, 0) is 6.42 Å². The highest BCUT2D eigenvalue weighted by Gasteiger charge is 2.17. The molecule has 2 rings (SSSR count). The molecule has 0 atom stereocenters. The van der Waals surface area contributed by atoms with Crippen molar-refractivity contribution >= 4 is 5.91 Å². The Morgan fingerprint density at radius 2 is 2.36 bits per heavy atom. The Bertz CT molecular complexity index is 363. The molecule has 1 amide bonds. The van der Waals surface area contributed by atoms with Crippen molar-refractivity contribution in [1.82, 2.24) is 5.43 Å². The summed E-state index contributed by atoms with van der Waals surface area (Å²) in [5, 5.41) is 0. The molecule has 1 aromatic rings. The Kier molecular flexibility index (Phi) is 2.37. The summed E-state index contributed by atoms with van der Waals surface area (Å²) in [5.41, 5.74) is 3.71. The number of amides is 1. The van der Waals surface area contributed by atoms with Gasteiger partial charge in [-0.3, -0.25) is 10.2 Å². The van der Waals surface area contributed by atoms with E-state index in [4.69, 9.17) is 10.6 Å². The summed E-state index contributed by atoms with van der Waals surface area (Å²) >= 11 is 0. The van der Waals surface area contributed by atoms with Crippen molar-refractivity contribution in [1.29, 1.82) is 0 Å². The molecule has 74 valence electrons. The van der Waals surface area contributed by atoms with Crippen LogP contribution >= 0.6 is 0 Å². The first-order chi connectivity index (χ1) is 6.83. The van der Waals surface area contributed by atoms with E-state index >= 15 is 0 Å². The van der Waals surface area contributed by atoms with Crippen LogP contribution in [0.4, 0.5) is 0 Å². The third-order valence-corrected chi connectivity index (χ3v) is 2.31. The molecule has 4 nitrogen and oxygen atoms in total. The average molecular weight is 192 g/mol. The summed E-state index contributed by atoms with van der Waals surface area (Å²) in [7, 11) is 0. The standard InChI is InChI=1S/C10H12N2O2/c11-12-10(13)8-5-1-3-7-4-2-6-14-9(7)8/h1,3,5H,2,4,6,11H2,(H,12,13). The lowest BCUT2D eigenvalue weighted by molar-refractivity contribution is 0.0948. The zero-order valence-electron chi connectivity index (χ0n) is 7.75. The number of hydrogen-bond acceptors (Lipinski definition) is 3. The van der Waals surface area contributed by atoms with E-state index in [1.165, 1.54) is 0 Å². The Morgan fingerprint density at radius 3 is 3.14 bits per heavy atom. The van der Waals surface area contributed by atoms with Crippen LogP contribution in [0.2, 0.25) is 0 Å². The van der Waals surface area contributed by atoms with Crippen LogP contribution in [0, 0.1) is 0 Å². The van der Waals surface area contributed by atoms with E-state index in [2.05, 4.69) is 5.43 Å². The van der Waals surface area contributed by atoms with Crippen LogP contribution in [0.1, 0.15) is 22.3 Å². The third-order valence-electron chi connectivity index (χ3n) is 2.31. The highest BCUT2D eigenvalue weighted by Crippen LogP contribution is 2.28. The van der Waals surface area contributed by atoms with Crippen LogP contribution in [0.3, 0.4) is 0 Å². The van der Waals surface area contributed by atoms with Crippen LogP contribution in [0.25, 0.3) is 0 Å². The Hall–Kier alpha value is -1.55. The van der Waals surface area contributed by atoms with Gasteiger partial charge in [-0.15, -0.1) is 0 Å². The lowest BCUT2D eigenvalue weighted by Gasteiger charge is -2.19. The first kappa shape index (κ1) is 9.02. The molecule has 0 spiro atoms. The summed E-state index contributed by atoms with van der Waals surface area (Å²) in [6.45, 7) is 0.669. The molecular weight excluding hydrogens is 180 g/mol. The highest BCUT2D eigenvalue weighted by molar-refractivity contribution is 5.97. The van der Waals surface area contributed by atoms with Crippen molar-refractivity contribution in [2.45, 2.75) is 12.8 Å². The summed E-state index contributed by atoms with van der Waals surface area (Å²) in [4.78, 5) is 11.4. The number of hydrazine groups is 1. The first-order valence-electron chi connectivity index (χ1n) is 4.58. The van der Waals surface area contributed by atoms with Gasteiger partial charge in [0.25, 0.3) is 5.91 Å². The van der Waals surface area contributed by atoms with Crippen molar-refractivity contribution in [2.75, 3.05) is 6.61 Å². The fraction of sp³-hybridized carbons (Fsp3) is 0.300. The smallest absolute Gasteiger partial charge is 0.268 e. The minimum absolute atomic E-state index is 0.302. The van der Waals surface area contributed by atoms with Gasteiger partial charge in [0.05, 0.1) is 12.2 Å². The Balaban J connectivity index is 2.45. The fourth-order valence-corrected chi connectivity index (χ4v) is 1.65. The van der Waals surface area contributed by atoms with Crippen LogP contribution in [-0.4, -0.2) is 12.5 Å². The number of nitrogens with one attached hydrogen (secondary N) is 1. The number of carbonyl (C=O) groups excluding carboxylic acids is 1. The highest BCUT2D eigenvalue weighted by atomic mass is 16.5. The first-order valence-corrected chi connectivity index (χ1v) is 4.58. The van der Waals surface area contributed by atoms with Gasteiger partial charge in [-0.1, -0.05) is 12.1 Å². The molecule has 0 unspecified atom stereocenters. The van der Waals surface area contributed by atoms with Crippen LogP contribution < -0.4 is 16.0 Å². The summed E-state index contributed by atoms with van der Waals surface area (Å²) in [5.74, 6) is 5.46. The molecule has 0 saturated heterocycles. The quantitative estimate of drug-likeness (QED) is 0.389. The minimum atomic E-state index is -0.302. The lowest BCUT2D eigenvalue weighted by atomic mass is 10.0. The van der Waals surface area contributed by atoms with Gasteiger partial charge >= 0.3 is 0 Å². The van der Waals surface area contributed by atoms with Gasteiger partial charge in [0, 0.05) is 0 Å². The Morgan fingerprint density at radius 1 is 1.50 bits per heavy atom. The molecule has 14 heavy (non-hydrogen) atoms. The predicted molar refractivity (Wildman–Crippen MR) is 51.9 cm³/mol. The second kappa shape index (κ2) is 3.67. The third kappa shape index (κ3) is 1.44. The van der Waals surface area contributed by atoms with E-state index in [1.807, 2.05) is 12.1 Å². The maximum absolute atomic E-state index is 11.4. The van der Waals surface area contributed by atoms with Gasteiger partial charge in [-0.25, -0.2) is 5.84 Å². The second-order valence-electron chi connectivity index (χ2n) is 3.22. The number of rotatable bonds is 1. The normalized spacial score (nSPS) is 14.1. The molecule has 0 saturated carbocycles.